The van der Waals surface area contributed by atoms with Gasteiger partial charge in [0.25, 0.3) is 0 Å². The maximum atomic E-state index is 12.5. The zero-order chi connectivity index (χ0) is 73.3. The van der Waals surface area contributed by atoms with E-state index in [1.807, 2.05) is 0 Å². The molecule has 0 aromatic carbocycles. The van der Waals surface area contributed by atoms with Crippen molar-refractivity contribution in [2.75, 3.05) is 66.0 Å². The van der Waals surface area contributed by atoms with Crippen molar-refractivity contribution < 1.29 is 42.6 Å². The lowest BCUT2D eigenvalue weighted by Crippen LogP contribution is -2.27. The monoisotopic (exact) mass is 1420 g/mol. The van der Waals surface area contributed by atoms with Gasteiger partial charge in [-0.1, -0.05) is 368 Å². The highest BCUT2D eigenvalue weighted by Crippen LogP contribution is 2.43. The first-order valence-corrected chi connectivity index (χ1v) is 45.2. The Morgan fingerprint density at radius 3 is 0.707 bits per heavy atom. The van der Waals surface area contributed by atoms with Crippen molar-refractivity contribution in [2.45, 2.75) is 406 Å². The van der Waals surface area contributed by atoms with Crippen LogP contribution in [0.1, 0.15) is 393 Å². The van der Waals surface area contributed by atoms with Crippen LogP contribution in [0.3, 0.4) is 0 Å². The molecule has 1 heterocycles. The summed E-state index contributed by atoms with van der Waals surface area (Å²) in [5.74, 6) is 12.3. The summed E-state index contributed by atoms with van der Waals surface area (Å²) in [6, 6.07) is 0. The smallest absolute Gasteiger partial charge is 0.394 e. The lowest BCUT2D eigenvalue weighted by atomic mass is 9.88. The number of aliphatic hydroxyl groups excluding tert-OH is 1. The molecule has 10 nitrogen and oxygen atoms in total. The van der Waals surface area contributed by atoms with Crippen LogP contribution >= 0.6 is 7.82 Å². The Kier molecular flexibility index (Phi) is 62.5. The van der Waals surface area contributed by atoms with Crippen molar-refractivity contribution in [3.05, 3.63) is 0 Å². The van der Waals surface area contributed by atoms with Gasteiger partial charge < -0.3 is 34.7 Å². The summed E-state index contributed by atoms with van der Waals surface area (Å²) in [6.45, 7) is 42.9. The highest BCUT2D eigenvalue weighted by Gasteiger charge is 2.25. The number of aliphatic hydroxyl groups is 1. The van der Waals surface area contributed by atoms with Crippen LogP contribution in [0.2, 0.25) is 0 Å². The van der Waals surface area contributed by atoms with E-state index in [1.54, 1.807) is 0 Å². The number of hydrogen-bond acceptors (Lipinski definition) is 9. The van der Waals surface area contributed by atoms with E-state index in [-0.39, 0.29) is 32.5 Å². The molecule has 0 saturated carbocycles. The molecule has 1 aliphatic heterocycles. The Hall–Kier alpha value is -0.130. The number of ether oxygens (including phenoxy) is 4. The van der Waals surface area contributed by atoms with Crippen LogP contribution in [0, 0.1) is 94.7 Å². The van der Waals surface area contributed by atoms with Gasteiger partial charge >= 0.3 is 7.82 Å². The van der Waals surface area contributed by atoms with Gasteiger partial charge in [0.15, 0.2) is 0 Å². The molecule has 594 valence electrons. The van der Waals surface area contributed by atoms with E-state index in [0.29, 0.717) is 56.7 Å². The van der Waals surface area contributed by atoms with Gasteiger partial charge in [0.05, 0.1) is 33.0 Å². The molecule has 1 rings (SSSR count). The molecule has 11 heteroatoms. The molecule has 4 N–H and O–H groups in total. The van der Waals surface area contributed by atoms with E-state index < -0.39 is 13.9 Å². The van der Waals surface area contributed by atoms with Crippen LogP contribution in [0.4, 0.5) is 0 Å². The lowest BCUT2D eigenvalue weighted by Gasteiger charge is -2.21. The van der Waals surface area contributed by atoms with Crippen LogP contribution in [0.25, 0.3) is 0 Å². The van der Waals surface area contributed by atoms with Gasteiger partial charge in [-0.2, -0.15) is 0 Å². The average molecular weight is 1430 g/mol. The second-order valence-corrected chi connectivity index (χ2v) is 37.3. The Labute approximate surface area is 619 Å². The van der Waals surface area contributed by atoms with Crippen molar-refractivity contribution >= 4 is 7.82 Å². The minimum atomic E-state index is -4.21. The number of phosphoric acid groups is 1. The molecule has 0 radical (unpaired) electrons. The molecule has 1 aliphatic rings. The van der Waals surface area contributed by atoms with Crippen LogP contribution in [-0.4, -0.2) is 88.2 Å². The van der Waals surface area contributed by atoms with Gasteiger partial charge in [-0.05, 0) is 120 Å². The molecule has 19 atom stereocenters. The quantitative estimate of drug-likeness (QED) is 0.211. The molecule has 1 fully saturated rings. The third-order valence-corrected chi connectivity index (χ3v) is 25.1. The SMILES string of the molecule is C[C@@H]1CCC[C@H](C)CCC[C@H](C)CC[C@@H](C)CCC[C@@H](C)CCC[C@@H](C)CCC[C@@H](C)CCO[C@H](COP(=O)(O)OCCN)COCC[C@H](C)CCC[C@H](C)CCC[C@H](C)CCC[C@H](C)CC[C@@H](C)CCC[C@@H](C)CCC[C@@H](C)CCC[C@@H](C)CCO[C@H](CO)COCC[C@H](C)CCC1. The molecule has 0 aromatic heterocycles. The first-order valence-electron chi connectivity index (χ1n) is 43.7. The second kappa shape index (κ2) is 63.9. The first kappa shape index (κ1) is 96.9. The maximum Gasteiger partial charge on any atom is 0.472 e. The highest BCUT2D eigenvalue weighted by atomic mass is 31.2. The van der Waals surface area contributed by atoms with E-state index in [0.717, 1.165) is 103 Å². The van der Waals surface area contributed by atoms with E-state index in [2.05, 4.69) is 111 Å². The number of phosphoric ester groups is 1. The molecule has 0 aliphatic carbocycles. The van der Waals surface area contributed by atoms with Crippen LogP contribution in [0.15, 0.2) is 0 Å². The van der Waals surface area contributed by atoms with Gasteiger partial charge in [-0.15, -0.1) is 0 Å². The summed E-state index contributed by atoms with van der Waals surface area (Å²) in [7, 11) is -4.21. The van der Waals surface area contributed by atoms with Crippen molar-refractivity contribution in [3.8, 4) is 0 Å². The Morgan fingerprint density at radius 2 is 0.485 bits per heavy atom. The topological polar surface area (TPSA) is 139 Å². The van der Waals surface area contributed by atoms with E-state index in [9.17, 15) is 14.6 Å². The zero-order valence-corrected chi connectivity index (χ0v) is 70.2. The minimum Gasteiger partial charge on any atom is -0.394 e. The summed E-state index contributed by atoms with van der Waals surface area (Å²) in [5.41, 5.74) is 5.53. The van der Waals surface area contributed by atoms with Crippen molar-refractivity contribution in [3.63, 3.8) is 0 Å². The standard InChI is InChI=1S/C88H178NO9P/c1-71-29-17-33-75(5)41-25-49-83(13)57-62-93-68-87(67-90)95-64-59-85(15)51-27-43-77(7)35-19-31-73(3)39-23-47-81(11)55-53-80(10)46-22-38-72(2)30-18-34-76(6)42-26-50-84(14)58-63-94-69-88(70-98-99(91,92)97-66-61-89)96-65-60-86(16)52-28-44-78(8)36-20-32-74(4)40-24-48-82(12)56-54-79(9)45-21-37-71/h71-88,90H,17-70,89H2,1-16H3,(H,91,92)/t71-,72-,73-,74-,75+,76+,77+,78+,79-,80-,81-,82-,83+,84+,85+,86+,87+,88-/m0/s1. The fourth-order valence-electron chi connectivity index (χ4n) is 15.8. The molecule has 99 heavy (non-hydrogen) atoms. The maximum absolute atomic E-state index is 12.5. The number of rotatable bonds is 7. The van der Waals surface area contributed by atoms with Gasteiger partial charge in [0.2, 0.25) is 0 Å². The van der Waals surface area contributed by atoms with Crippen LogP contribution < -0.4 is 5.73 Å². The largest absolute Gasteiger partial charge is 0.472 e. The van der Waals surface area contributed by atoms with Crippen LogP contribution in [0.5, 0.6) is 0 Å². The summed E-state index contributed by atoms with van der Waals surface area (Å²) >= 11 is 0. The minimum absolute atomic E-state index is 0.0353. The molecular formula is C88H178NO9P. The summed E-state index contributed by atoms with van der Waals surface area (Å²) < 4.78 is 47.6. The molecule has 0 bridgehead atoms. The summed E-state index contributed by atoms with van der Waals surface area (Å²) in [5, 5.41) is 10.0. The zero-order valence-electron chi connectivity index (χ0n) is 69.4. The van der Waals surface area contributed by atoms with E-state index >= 15 is 0 Å². The number of hydrogen-bond donors (Lipinski definition) is 3. The Bertz CT molecular complexity index is 1780. The average Bonchev–Trinajstić information content (AvgIpc) is 1.32. The molecule has 0 spiro atoms. The van der Waals surface area contributed by atoms with Crippen molar-refractivity contribution in [1.29, 1.82) is 0 Å². The Morgan fingerprint density at radius 1 is 0.293 bits per heavy atom. The van der Waals surface area contributed by atoms with Gasteiger partial charge in [-0.3, -0.25) is 9.05 Å². The lowest BCUT2D eigenvalue weighted by molar-refractivity contribution is -0.0475. The fourth-order valence-corrected chi connectivity index (χ4v) is 16.5. The molecule has 1 saturated heterocycles. The normalized spacial score (nSPS) is 35.0. The third-order valence-electron chi connectivity index (χ3n) is 24.1. The molecule has 1 unspecified atom stereocenters. The molecule has 0 aromatic rings. The van der Waals surface area contributed by atoms with Crippen molar-refractivity contribution in [2.24, 2.45) is 100 Å². The van der Waals surface area contributed by atoms with E-state index in [1.165, 1.54) is 257 Å². The van der Waals surface area contributed by atoms with Gasteiger partial charge in [-0.25, -0.2) is 4.57 Å². The fraction of sp³-hybridized carbons (Fsp3) is 1.00. The molecule has 0 amide bonds. The second-order valence-electron chi connectivity index (χ2n) is 35.9. The molecular weight excluding hydrogens is 1250 g/mol. The van der Waals surface area contributed by atoms with Crippen LogP contribution in [-0.2, 0) is 32.6 Å². The first-order chi connectivity index (χ1) is 47.4. The Balaban J connectivity index is 2.64. The van der Waals surface area contributed by atoms with E-state index in [4.69, 9.17) is 33.7 Å². The summed E-state index contributed by atoms with van der Waals surface area (Å²) in [4.78, 5) is 10.2. The van der Waals surface area contributed by atoms with Gasteiger partial charge in [0, 0.05) is 33.0 Å². The van der Waals surface area contributed by atoms with Gasteiger partial charge in [0.1, 0.15) is 12.2 Å². The summed E-state index contributed by atoms with van der Waals surface area (Å²) in [6.07, 6.45) is 57.4. The highest BCUT2D eigenvalue weighted by molar-refractivity contribution is 7.47. The van der Waals surface area contributed by atoms with Crippen molar-refractivity contribution in [1.82, 2.24) is 0 Å². The third kappa shape index (κ3) is 61.6. The number of nitrogens with two attached hydrogens (primary N) is 1. The predicted octanol–water partition coefficient (Wildman–Crippen LogP) is 26.2. The predicted molar refractivity (Wildman–Crippen MR) is 429 cm³/mol.